The number of rotatable bonds is 44. The number of hydrogen-bond donors (Lipinski definition) is 2. The van der Waals surface area contributed by atoms with Crippen molar-refractivity contribution in [3.8, 4) is 0 Å². The van der Waals surface area contributed by atoms with Crippen molar-refractivity contribution in [3.05, 3.63) is 24.3 Å². The molecule has 0 saturated carbocycles. The van der Waals surface area contributed by atoms with Gasteiger partial charge < -0.3 is 19.3 Å². The lowest BCUT2D eigenvalue weighted by Crippen LogP contribution is -2.29. The van der Waals surface area contributed by atoms with Gasteiger partial charge in [-0.3, -0.25) is 14.1 Å². The number of carbonyl (C=O) groups excluding carboxylic acids is 2. The average molecular weight is 813 g/mol. The third-order valence-electron chi connectivity index (χ3n) is 10.5. The van der Waals surface area contributed by atoms with Crippen molar-refractivity contribution < 1.29 is 37.9 Å². The highest BCUT2D eigenvalue weighted by Gasteiger charge is 2.23. The van der Waals surface area contributed by atoms with Crippen LogP contribution in [0.15, 0.2) is 24.3 Å². The molecule has 0 spiro atoms. The van der Waals surface area contributed by atoms with Gasteiger partial charge in [-0.2, -0.15) is 0 Å². The van der Waals surface area contributed by atoms with E-state index in [4.69, 9.17) is 19.3 Å². The van der Waals surface area contributed by atoms with E-state index in [1.165, 1.54) is 154 Å². The van der Waals surface area contributed by atoms with Crippen molar-refractivity contribution in [1.29, 1.82) is 0 Å². The molecule has 0 bridgehead atoms. The third kappa shape index (κ3) is 45.2. The van der Waals surface area contributed by atoms with Crippen molar-refractivity contribution >= 4 is 19.8 Å². The van der Waals surface area contributed by atoms with Crippen LogP contribution in [-0.4, -0.2) is 41.0 Å². The number of esters is 2. The lowest BCUT2D eigenvalue weighted by molar-refractivity contribution is -0.161. The normalized spacial score (nSPS) is 12.6. The van der Waals surface area contributed by atoms with Gasteiger partial charge in [0.15, 0.2) is 6.10 Å². The fraction of sp³-hybridized carbons (Fsp3) is 0.872. The van der Waals surface area contributed by atoms with Crippen molar-refractivity contribution in [2.24, 2.45) is 0 Å². The highest BCUT2D eigenvalue weighted by molar-refractivity contribution is 7.46. The second-order valence-electron chi connectivity index (χ2n) is 16.1. The van der Waals surface area contributed by atoms with E-state index in [1.807, 2.05) is 0 Å². The molecule has 0 amide bonds. The molecule has 0 heterocycles. The van der Waals surface area contributed by atoms with Gasteiger partial charge in [0.1, 0.15) is 6.61 Å². The van der Waals surface area contributed by atoms with Crippen molar-refractivity contribution in [3.63, 3.8) is 0 Å². The first-order chi connectivity index (χ1) is 27.3. The molecule has 2 N–H and O–H groups in total. The van der Waals surface area contributed by atoms with Crippen LogP contribution in [0.5, 0.6) is 0 Å². The molecular formula is C47H89O8P. The molecule has 0 rings (SSSR count). The van der Waals surface area contributed by atoms with Crippen molar-refractivity contribution in [2.75, 3.05) is 13.2 Å². The van der Waals surface area contributed by atoms with Crippen LogP contribution in [-0.2, 0) is 28.2 Å². The van der Waals surface area contributed by atoms with E-state index in [-0.39, 0.29) is 19.4 Å². The number of unbranched alkanes of at least 4 members (excludes halogenated alkanes) is 30. The molecule has 0 aromatic carbocycles. The highest BCUT2D eigenvalue weighted by Crippen LogP contribution is 2.36. The minimum Gasteiger partial charge on any atom is -0.462 e. The zero-order chi connectivity index (χ0) is 41.1. The van der Waals surface area contributed by atoms with Crippen LogP contribution < -0.4 is 0 Å². The lowest BCUT2D eigenvalue weighted by atomic mass is 10.0. The molecule has 0 aromatic rings. The van der Waals surface area contributed by atoms with Crippen LogP contribution in [0.2, 0.25) is 0 Å². The van der Waals surface area contributed by atoms with Gasteiger partial charge in [0.05, 0.1) is 6.61 Å². The number of allylic oxidation sites excluding steroid dienone is 4. The first kappa shape index (κ1) is 54.5. The Balaban J connectivity index is 3.80. The summed E-state index contributed by atoms with van der Waals surface area (Å²) >= 11 is 0. The van der Waals surface area contributed by atoms with Gasteiger partial charge in [0.25, 0.3) is 0 Å². The Kier molecular flexibility index (Phi) is 42.0. The molecule has 0 saturated heterocycles. The van der Waals surface area contributed by atoms with E-state index in [0.29, 0.717) is 6.42 Å². The minimum absolute atomic E-state index is 0.199. The summed E-state index contributed by atoms with van der Waals surface area (Å²) in [5.74, 6) is -0.889. The van der Waals surface area contributed by atoms with E-state index in [2.05, 4.69) is 42.7 Å². The van der Waals surface area contributed by atoms with Gasteiger partial charge >= 0.3 is 19.8 Å². The van der Waals surface area contributed by atoms with Crippen LogP contribution in [0.25, 0.3) is 0 Å². The van der Waals surface area contributed by atoms with Crippen LogP contribution >= 0.6 is 7.82 Å². The number of carbonyl (C=O) groups is 2. The second kappa shape index (κ2) is 43.1. The molecular weight excluding hydrogens is 723 g/mol. The van der Waals surface area contributed by atoms with Gasteiger partial charge in [-0.1, -0.05) is 212 Å². The van der Waals surface area contributed by atoms with Crippen LogP contribution in [0.1, 0.15) is 245 Å². The zero-order valence-corrected chi connectivity index (χ0v) is 37.4. The van der Waals surface area contributed by atoms with Crippen LogP contribution in [0.4, 0.5) is 0 Å². The van der Waals surface area contributed by atoms with E-state index < -0.39 is 32.5 Å². The van der Waals surface area contributed by atoms with Crippen LogP contribution in [0.3, 0.4) is 0 Å². The van der Waals surface area contributed by atoms with Gasteiger partial charge in [0, 0.05) is 12.8 Å². The standard InChI is InChI=1S/C47H89O8P/c1-3-5-7-9-11-13-15-17-19-20-21-22-23-24-25-26-28-29-31-33-35-37-39-41-46(48)53-43-45(44-54-56(50,51)52)55-47(49)42-40-38-36-34-32-30-27-18-16-14-12-10-8-6-4-2/h12,14,18,27,45H,3-11,13,15-17,19-26,28-44H2,1-2H3,(H2,50,51,52)/b14-12-,27-18-. The molecule has 9 heteroatoms. The molecule has 0 aliphatic rings. The molecule has 0 aliphatic carbocycles. The largest absolute Gasteiger partial charge is 0.469 e. The van der Waals surface area contributed by atoms with E-state index in [0.717, 1.165) is 57.8 Å². The maximum atomic E-state index is 12.4. The second-order valence-corrected chi connectivity index (χ2v) is 17.3. The Morgan fingerprint density at radius 1 is 0.464 bits per heavy atom. The van der Waals surface area contributed by atoms with Gasteiger partial charge in [-0.25, -0.2) is 4.57 Å². The Morgan fingerprint density at radius 2 is 0.804 bits per heavy atom. The first-order valence-electron chi connectivity index (χ1n) is 23.6. The lowest BCUT2D eigenvalue weighted by Gasteiger charge is -2.18. The SMILES string of the molecule is CCCCC/C=C\C/C=C\CCCCCCCC(=O)OC(COC(=O)CCCCCCCCCCCCCCCCCCCCCCCCC)COP(=O)(O)O. The molecule has 56 heavy (non-hydrogen) atoms. The molecule has 8 nitrogen and oxygen atoms in total. The first-order valence-corrected chi connectivity index (χ1v) is 25.2. The Bertz CT molecular complexity index is 962. The topological polar surface area (TPSA) is 119 Å². The molecule has 330 valence electrons. The number of phosphoric ester groups is 1. The molecule has 0 aromatic heterocycles. The van der Waals surface area contributed by atoms with E-state index >= 15 is 0 Å². The van der Waals surface area contributed by atoms with Gasteiger partial charge in [0.2, 0.25) is 0 Å². The molecule has 1 unspecified atom stereocenters. The Labute approximate surface area is 345 Å². The number of hydrogen-bond acceptors (Lipinski definition) is 6. The fourth-order valence-corrected chi connectivity index (χ4v) is 7.30. The summed E-state index contributed by atoms with van der Waals surface area (Å²) in [6.45, 7) is 3.68. The van der Waals surface area contributed by atoms with Crippen molar-refractivity contribution in [1.82, 2.24) is 0 Å². The smallest absolute Gasteiger partial charge is 0.462 e. The maximum absolute atomic E-state index is 12.4. The van der Waals surface area contributed by atoms with Crippen LogP contribution in [0, 0.1) is 0 Å². The summed E-state index contributed by atoms with van der Waals surface area (Å²) in [7, 11) is -4.76. The Hall–Kier alpha value is -1.47. The predicted molar refractivity (Wildman–Crippen MR) is 235 cm³/mol. The Morgan fingerprint density at radius 3 is 1.21 bits per heavy atom. The summed E-state index contributed by atoms with van der Waals surface area (Å²) in [5.41, 5.74) is 0. The summed E-state index contributed by atoms with van der Waals surface area (Å²) < 4.78 is 26.4. The molecule has 0 radical (unpaired) electrons. The van der Waals surface area contributed by atoms with Crippen molar-refractivity contribution in [2.45, 2.75) is 251 Å². The average Bonchev–Trinajstić information content (AvgIpc) is 3.17. The quantitative estimate of drug-likeness (QED) is 0.0270. The summed E-state index contributed by atoms with van der Waals surface area (Å²) in [5, 5.41) is 0. The zero-order valence-electron chi connectivity index (χ0n) is 36.5. The monoisotopic (exact) mass is 813 g/mol. The predicted octanol–water partition coefficient (Wildman–Crippen LogP) is 14.7. The third-order valence-corrected chi connectivity index (χ3v) is 11.0. The highest BCUT2D eigenvalue weighted by atomic mass is 31.2. The fourth-order valence-electron chi connectivity index (χ4n) is 6.93. The van der Waals surface area contributed by atoms with E-state index in [1.54, 1.807) is 0 Å². The number of phosphoric acid groups is 1. The molecule has 0 fully saturated rings. The minimum atomic E-state index is -4.76. The number of ether oxygens (including phenoxy) is 2. The maximum Gasteiger partial charge on any atom is 0.469 e. The molecule has 0 aliphatic heterocycles. The molecule has 1 atom stereocenters. The van der Waals surface area contributed by atoms with Gasteiger partial charge in [-0.05, 0) is 44.9 Å². The van der Waals surface area contributed by atoms with E-state index in [9.17, 15) is 14.2 Å². The van der Waals surface area contributed by atoms with Gasteiger partial charge in [-0.15, -0.1) is 0 Å². The summed E-state index contributed by atoms with van der Waals surface area (Å²) in [6, 6.07) is 0. The summed E-state index contributed by atoms with van der Waals surface area (Å²) in [6.07, 6.45) is 50.5. The summed E-state index contributed by atoms with van der Waals surface area (Å²) in [4.78, 5) is 42.9.